The fourth-order valence-corrected chi connectivity index (χ4v) is 2.12. The Morgan fingerprint density at radius 3 is 2.42 bits per heavy atom. The van der Waals surface area contributed by atoms with E-state index in [4.69, 9.17) is 28.5 Å². The van der Waals surface area contributed by atoms with Gasteiger partial charge in [-0.05, 0) is 42.8 Å². The van der Waals surface area contributed by atoms with Gasteiger partial charge in [-0.1, -0.05) is 35.3 Å². The summed E-state index contributed by atoms with van der Waals surface area (Å²) in [5, 5.41) is 13.3. The van der Waals surface area contributed by atoms with Gasteiger partial charge >= 0.3 is 0 Å². The number of nitriles is 1. The largest absolute Gasteiger partial charge is 0.377 e. The van der Waals surface area contributed by atoms with Crippen molar-refractivity contribution >= 4 is 28.9 Å². The Hall–Kier alpha value is -1.69. The number of nitrogens with zero attached hydrogens (tertiary/aromatic N) is 1. The fraction of sp³-hybridized carbons (Fsp3) is 0.133. The molecular formula is C15H12Cl2N2. The van der Waals surface area contributed by atoms with Gasteiger partial charge in [0.1, 0.15) is 0 Å². The molecule has 1 atom stereocenters. The molecule has 0 saturated carbocycles. The van der Waals surface area contributed by atoms with Crippen molar-refractivity contribution < 1.29 is 0 Å². The van der Waals surface area contributed by atoms with E-state index in [-0.39, 0.29) is 6.04 Å². The Bertz CT molecular complexity index is 615. The number of rotatable bonds is 3. The fourth-order valence-electron chi connectivity index (χ4n) is 1.77. The van der Waals surface area contributed by atoms with Crippen molar-refractivity contribution in [2.75, 3.05) is 5.32 Å². The predicted octanol–water partition coefficient (Wildman–Crippen LogP) is 5.04. The number of benzene rings is 2. The van der Waals surface area contributed by atoms with Crippen molar-refractivity contribution in [2.45, 2.75) is 13.0 Å². The van der Waals surface area contributed by atoms with Crippen LogP contribution < -0.4 is 5.32 Å². The molecule has 0 aliphatic rings. The molecule has 0 aromatic heterocycles. The minimum Gasteiger partial charge on any atom is -0.377 e. The first kappa shape index (κ1) is 13.7. The molecule has 1 N–H and O–H groups in total. The average Bonchev–Trinajstić information content (AvgIpc) is 2.43. The molecule has 96 valence electrons. The lowest BCUT2D eigenvalue weighted by atomic mass is 10.1. The SMILES string of the molecule is CC(Nc1cc(Cl)ccc1Cl)c1ccc(C#N)cc1. The van der Waals surface area contributed by atoms with Gasteiger partial charge in [0, 0.05) is 11.1 Å². The molecule has 2 rings (SSSR count). The summed E-state index contributed by atoms with van der Waals surface area (Å²) in [5.74, 6) is 0. The quantitative estimate of drug-likeness (QED) is 0.860. The van der Waals surface area contributed by atoms with Gasteiger partial charge in [0.15, 0.2) is 0 Å². The van der Waals surface area contributed by atoms with Gasteiger partial charge in [0.25, 0.3) is 0 Å². The molecule has 2 aromatic rings. The summed E-state index contributed by atoms with van der Waals surface area (Å²) in [6, 6.07) is 14.9. The lowest BCUT2D eigenvalue weighted by Gasteiger charge is -2.17. The minimum atomic E-state index is 0.0729. The lowest BCUT2D eigenvalue weighted by Crippen LogP contribution is -2.06. The monoisotopic (exact) mass is 290 g/mol. The zero-order valence-corrected chi connectivity index (χ0v) is 11.8. The molecule has 19 heavy (non-hydrogen) atoms. The molecule has 0 radical (unpaired) electrons. The normalized spacial score (nSPS) is 11.7. The first-order chi connectivity index (χ1) is 9.10. The molecule has 4 heteroatoms. The number of halogens is 2. The maximum absolute atomic E-state index is 8.77. The van der Waals surface area contributed by atoms with Crippen LogP contribution in [0.2, 0.25) is 10.0 Å². The predicted molar refractivity (Wildman–Crippen MR) is 79.7 cm³/mol. The molecule has 2 aromatic carbocycles. The highest BCUT2D eigenvalue weighted by Gasteiger charge is 2.08. The van der Waals surface area contributed by atoms with E-state index in [0.29, 0.717) is 15.6 Å². The lowest BCUT2D eigenvalue weighted by molar-refractivity contribution is 0.884. The smallest absolute Gasteiger partial charge is 0.0991 e. The zero-order chi connectivity index (χ0) is 13.8. The van der Waals surface area contributed by atoms with Crippen LogP contribution in [0.4, 0.5) is 5.69 Å². The standard InChI is InChI=1S/C15H12Cl2N2/c1-10(12-4-2-11(9-18)3-5-12)19-15-8-13(16)6-7-14(15)17/h2-8,10,19H,1H3. The van der Waals surface area contributed by atoms with Crippen LogP contribution in [0.15, 0.2) is 42.5 Å². The van der Waals surface area contributed by atoms with Crippen LogP contribution in [0.5, 0.6) is 0 Å². The van der Waals surface area contributed by atoms with Gasteiger partial charge in [-0.15, -0.1) is 0 Å². The molecule has 0 amide bonds. The van der Waals surface area contributed by atoms with E-state index in [1.807, 2.05) is 19.1 Å². The molecule has 0 aliphatic heterocycles. The third-order valence-electron chi connectivity index (χ3n) is 2.84. The molecule has 0 aliphatic carbocycles. The van der Waals surface area contributed by atoms with Crippen molar-refractivity contribution in [3.05, 3.63) is 63.6 Å². The van der Waals surface area contributed by atoms with Gasteiger partial charge in [0.2, 0.25) is 0 Å². The van der Waals surface area contributed by atoms with E-state index in [0.717, 1.165) is 11.3 Å². The third-order valence-corrected chi connectivity index (χ3v) is 3.40. The van der Waals surface area contributed by atoms with E-state index in [9.17, 15) is 0 Å². The Labute approximate surface area is 122 Å². The van der Waals surface area contributed by atoms with Crippen LogP contribution in [-0.2, 0) is 0 Å². The maximum Gasteiger partial charge on any atom is 0.0991 e. The van der Waals surface area contributed by atoms with E-state index in [2.05, 4.69) is 11.4 Å². The maximum atomic E-state index is 8.77. The average molecular weight is 291 g/mol. The van der Waals surface area contributed by atoms with Crippen molar-refractivity contribution in [1.82, 2.24) is 0 Å². The van der Waals surface area contributed by atoms with Crippen molar-refractivity contribution in [2.24, 2.45) is 0 Å². The van der Waals surface area contributed by atoms with E-state index in [1.54, 1.807) is 30.3 Å². The highest BCUT2D eigenvalue weighted by molar-refractivity contribution is 6.35. The molecular weight excluding hydrogens is 279 g/mol. The first-order valence-corrected chi connectivity index (χ1v) is 6.57. The van der Waals surface area contributed by atoms with E-state index < -0.39 is 0 Å². The van der Waals surface area contributed by atoms with E-state index in [1.165, 1.54) is 0 Å². The number of nitrogens with one attached hydrogen (secondary N) is 1. The second-order valence-electron chi connectivity index (χ2n) is 4.22. The van der Waals surface area contributed by atoms with Crippen molar-refractivity contribution in [3.8, 4) is 6.07 Å². The summed E-state index contributed by atoms with van der Waals surface area (Å²) in [4.78, 5) is 0. The van der Waals surface area contributed by atoms with Crippen LogP contribution in [0.3, 0.4) is 0 Å². The van der Waals surface area contributed by atoms with Gasteiger partial charge in [0.05, 0.1) is 22.3 Å². The number of anilines is 1. The second kappa shape index (κ2) is 5.97. The Morgan fingerprint density at radius 1 is 1.11 bits per heavy atom. The molecule has 0 fully saturated rings. The van der Waals surface area contributed by atoms with Crippen LogP contribution >= 0.6 is 23.2 Å². The highest BCUT2D eigenvalue weighted by Crippen LogP contribution is 2.29. The topological polar surface area (TPSA) is 35.8 Å². The molecule has 1 unspecified atom stereocenters. The van der Waals surface area contributed by atoms with Gasteiger partial charge in [-0.3, -0.25) is 0 Å². The van der Waals surface area contributed by atoms with Crippen molar-refractivity contribution in [3.63, 3.8) is 0 Å². The summed E-state index contributed by atoms with van der Waals surface area (Å²) in [7, 11) is 0. The molecule has 2 nitrogen and oxygen atoms in total. The summed E-state index contributed by atoms with van der Waals surface area (Å²) >= 11 is 12.1. The zero-order valence-electron chi connectivity index (χ0n) is 10.3. The molecule has 0 spiro atoms. The van der Waals surface area contributed by atoms with Crippen LogP contribution in [0.25, 0.3) is 0 Å². The third kappa shape index (κ3) is 3.41. The van der Waals surface area contributed by atoms with Crippen LogP contribution in [-0.4, -0.2) is 0 Å². The first-order valence-electron chi connectivity index (χ1n) is 5.82. The molecule has 0 saturated heterocycles. The Balaban J connectivity index is 2.18. The molecule has 0 heterocycles. The van der Waals surface area contributed by atoms with Gasteiger partial charge < -0.3 is 5.32 Å². The number of hydrogen-bond donors (Lipinski definition) is 1. The van der Waals surface area contributed by atoms with Gasteiger partial charge in [-0.2, -0.15) is 5.26 Å². The van der Waals surface area contributed by atoms with Crippen molar-refractivity contribution in [1.29, 1.82) is 5.26 Å². The summed E-state index contributed by atoms with van der Waals surface area (Å²) < 4.78 is 0. The Morgan fingerprint density at radius 2 is 1.79 bits per heavy atom. The summed E-state index contributed by atoms with van der Waals surface area (Å²) in [6.45, 7) is 2.03. The summed E-state index contributed by atoms with van der Waals surface area (Å²) in [6.07, 6.45) is 0. The summed E-state index contributed by atoms with van der Waals surface area (Å²) in [5.41, 5.74) is 2.53. The van der Waals surface area contributed by atoms with Crippen LogP contribution in [0, 0.1) is 11.3 Å². The van der Waals surface area contributed by atoms with E-state index >= 15 is 0 Å². The highest BCUT2D eigenvalue weighted by atomic mass is 35.5. The Kier molecular flexibility index (Phi) is 4.31. The number of hydrogen-bond acceptors (Lipinski definition) is 2. The minimum absolute atomic E-state index is 0.0729. The molecule has 0 bridgehead atoms. The van der Waals surface area contributed by atoms with Gasteiger partial charge in [-0.25, -0.2) is 0 Å². The van der Waals surface area contributed by atoms with Crippen LogP contribution in [0.1, 0.15) is 24.1 Å². The second-order valence-corrected chi connectivity index (χ2v) is 5.07.